The summed E-state index contributed by atoms with van der Waals surface area (Å²) in [6.45, 7) is 3.21. The molecule has 1 fully saturated rings. The first kappa shape index (κ1) is 39.6. The van der Waals surface area contributed by atoms with E-state index in [4.69, 9.17) is 9.47 Å². The number of hydrogen-bond acceptors (Lipinski definition) is 10. The quantitative estimate of drug-likeness (QED) is 0.0587. The molecule has 8 N–H and O–H groups in total. The number of ether oxygens (including phenoxy) is 2. The van der Waals surface area contributed by atoms with Crippen LogP contribution in [0.15, 0.2) is 24.3 Å². The topological polar surface area (TPSA) is 189 Å². The van der Waals surface area contributed by atoms with Crippen molar-refractivity contribution in [3.63, 3.8) is 0 Å². The number of hydrogen-bond donors (Lipinski definition) is 8. The first-order chi connectivity index (χ1) is 20.7. The van der Waals surface area contributed by atoms with Gasteiger partial charge in [0.15, 0.2) is 6.29 Å². The Kier molecular flexibility index (Phi) is 22.0. The fraction of sp³-hybridized carbons (Fsp3) is 0.844. The number of nitrogens with one attached hydrogen (secondary N) is 1. The van der Waals surface area contributed by atoms with Crippen molar-refractivity contribution in [3.8, 4) is 0 Å². The predicted molar refractivity (Wildman–Crippen MR) is 164 cm³/mol. The molecule has 0 radical (unpaired) electrons. The SMILES string of the molecule is CCCCC/C=C/CCCC(O)C(O)C(COC1OC(CO)C(O)C(O)C1O)NC(=O)C(O)CC/C=C\CCCCCC. The van der Waals surface area contributed by atoms with Crippen LogP contribution in [0.5, 0.6) is 0 Å². The molecule has 43 heavy (non-hydrogen) atoms. The maximum atomic E-state index is 12.8. The van der Waals surface area contributed by atoms with E-state index in [9.17, 15) is 40.5 Å². The molecule has 1 heterocycles. The number of aliphatic hydroxyl groups excluding tert-OH is 7. The molecule has 0 saturated carbocycles. The molecule has 0 aromatic rings. The Hall–Kier alpha value is -1.41. The first-order valence-electron chi connectivity index (χ1n) is 16.2. The van der Waals surface area contributed by atoms with Crippen molar-refractivity contribution >= 4 is 5.91 Å². The zero-order chi connectivity index (χ0) is 32.0. The minimum atomic E-state index is -1.67. The van der Waals surface area contributed by atoms with Gasteiger partial charge in [-0.15, -0.1) is 0 Å². The van der Waals surface area contributed by atoms with Crippen molar-refractivity contribution in [2.45, 2.75) is 159 Å². The smallest absolute Gasteiger partial charge is 0.249 e. The van der Waals surface area contributed by atoms with Gasteiger partial charge in [-0.2, -0.15) is 0 Å². The van der Waals surface area contributed by atoms with E-state index in [1.807, 2.05) is 18.2 Å². The van der Waals surface area contributed by atoms with Crippen molar-refractivity contribution < 1.29 is 50.0 Å². The lowest BCUT2D eigenvalue weighted by Gasteiger charge is -2.40. The van der Waals surface area contributed by atoms with E-state index in [0.29, 0.717) is 12.8 Å². The molecule has 1 aliphatic rings. The molecule has 11 nitrogen and oxygen atoms in total. The van der Waals surface area contributed by atoms with Crippen LogP contribution < -0.4 is 5.32 Å². The molecule has 1 rings (SSSR count). The second kappa shape index (κ2) is 23.9. The van der Waals surface area contributed by atoms with Gasteiger partial charge in [0.25, 0.3) is 0 Å². The van der Waals surface area contributed by atoms with Gasteiger partial charge in [0.05, 0.1) is 25.4 Å². The second-order valence-electron chi connectivity index (χ2n) is 11.5. The predicted octanol–water partition coefficient (Wildman–Crippen LogP) is 1.98. The highest BCUT2D eigenvalue weighted by Gasteiger charge is 2.44. The molecule has 0 aliphatic carbocycles. The Bertz CT molecular complexity index is 764. The second-order valence-corrected chi connectivity index (χ2v) is 11.5. The summed E-state index contributed by atoms with van der Waals surface area (Å²) in [5.74, 6) is -0.750. The molecule has 9 atom stereocenters. The highest BCUT2D eigenvalue weighted by molar-refractivity contribution is 5.80. The van der Waals surface area contributed by atoms with Gasteiger partial charge in [0.1, 0.15) is 36.6 Å². The Morgan fingerprint density at radius 1 is 0.791 bits per heavy atom. The van der Waals surface area contributed by atoms with Crippen molar-refractivity contribution in [2.24, 2.45) is 0 Å². The zero-order valence-electron chi connectivity index (χ0n) is 26.2. The summed E-state index contributed by atoms with van der Waals surface area (Å²) in [6.07, 6.45) is 8.78. The molecular weight excluding hydrogens is 558 g/mol. The van der Waals surface area contributed by atoms with Crippen LogP contribution >= 0.6 is 0 Å². The summed E-state index contributed by atoms with van der Waals surface area (Å²) < 4.78 is 10.9. The molecule has 11 heteroatoms. The summed E-state index contributed by atoms with van der Waals surface area (Å²) >= 11 is 0. The van der Waals surface area contributed by atoms with Gasteiger partial charge in [-0.05, 0) is 57.8 Å². The van der Waals surface area contributed by atoms with Gasteiger partial charge in [0.2, 0.25) is 5.91 Å². The first-order valence-corrected chi connectivity index (χ1v) is 16.2. The fourth-order valence-corrected chi connectivity index (χ4v) is 4.85. The van der Waals surface area contributed by atoms with Crippen LogP contribution in [0, 0.1) is 0 Å². The Labute approximate surface area is 257 Å². The molecule has 0 bridgehead atoms. The summed E-state index contributed by atoms with van der Waals surface area (Å²) in [5, 5.41) is 74.4. The zero-order valence-corrected chi connectivity index (χ0v) is 26.2. The number of amides is 1. The van der Waals surface area contributed by atoms with Crippen LogP contribution in [0.4, 0.5) is 0 Å². The van der Waals surface area contributed by atoms with Crippen molar-refractivity contribution in [1.82, 2.24) is 5.32 Å². The molecule has 252 valence electrons. The third kappa shape index (κ3) is 15.9. The fourth-order valence-electron chi connectivity index (χ4n) is 4.85. The van der Waals surface area contributed by atoms with Gasteiger partial charge in [0, 0.05) is 0 Å². The van der Waals surface area contributed by atoms with Crippen LogP contribution in [0.1, 0.15) is 104 Å². The Morgan fingerprint density at radius 3 is 2.00 bits per heavy atom. The highest BCUT2D eigenvalue weighted by atomic mass is 16.7. The average Bonchev–Trinajstić information content (AvgIpc) is 3.00. The molecule has 9 unspecified atom stereocenters. The van der Waals surface area contributed by atoms with Crippen LogP contribution in [-0.4, -0.2) is 110 Å². The van der Waals surface area contributed by atoms with Crippen molar-refractivity contribution in [2.75, 3.05) is 13.2 Å². The lowest BCUT2D eigenvalue weighted by Crippen LogP contribution is -2.60. The van der Waals surface area contributed by atoms with Gasteiger partial charge in [-0.1, -0.05) is 70.3 Å². The summed E-state index contributed by atoms with van der Waals surface area (Å²) in [6, 6.07) is -1.19. The third-order valence-corrected chi connectivity index (χ3v) is 7.73. The van der Waals surface area contributed by atoms with Crippen LogP contribution in [0.3, 0.4) is 0 Å². The molecule has 1 amide bonds. The highest BCUT2D eigenvalue weighted by Crippen LogP contribution is 2.22. The number of rotatable bonds is 24. The van der Waals surface area contributed by atoms with Crippen molar-refractivity contribution in [3.05, 3.63) is 24.3 Å². The minimum Gasteiger partial charge on any atom is -0.394 e. The van der Waals surface area contributed by atoms with Crippen LogP contribution in [0.2, 0.25) is 0 Å². The molecule has 1 saturated heterocycles. The molecule has 0 aromatic carbocycles. The van der Waals surface area contributed by atoms with E-state index in [0.717, 1.165) is 38.5 Å². The van der Waals surface area contributed by atoms with E-state index in [2.05, 4.69) is 25.2 Å². The number of unbranched alkanes of at least 4 members (excludes halogenated alkanes) is 8. The number of allylic oxidation sites excluding steroid dienone is 4. The monoisotopic (exact) mass is 617 g/mol. The maximum absolute atomic E-state index is 12.8. The molecule has 0 spiro atoms. The Balaban J connectivity index is 2.74. The van der Waals surface area contributed by atoms with Gasteiger partial charge in [-0.25, -0.2) is 0 Å². The molecular formula is C32H59NO10. The maximum Gasteiger partial charge on any atom is 0.249 e. The average molecular weight is 618 g/mol. The standard InChI is InChI=1S/C32H59NO10/c1-3-5-7-9-11-13-15-17-19-24(35)27(37)23(22-42-32-30(40)29(39)28(38)26(21-34)43-32)33-31(41)25(36)20-18-16-14-12-10-8-6-4-2/h11,13-14,16,23-30,32,34-40H,3-10,12,15,17-22H2,1-2H3,(H,33,41)/b13-11+,16-14-. The normalized spacial score (nSPS) is 25.7. The molecule has 0 aromatic heterocycles. The van der Waals surface area contributed by atoms with Gasteiger partial charge >= 0.3 is 0 Å². The van der Waals surface area contributed by atoms with E-state index in [1.54, 1.807) is 0 Å². The largest absolute Gasteiger partial charge is 0.394 e. The number of aliphatic hydroxyl groups is 7. The van der Waals surface area contributed by atoms with Crippen molar-refractivity contribution in [1.29, 1.82) is 0 Å². The van der Waals surface area contributed by atoms with Crippen LogP contribution in [0.25, 0.3) is 0 Å². The minimum absolute atomic E-state index is 0.167. The van der Waals surface area contributed by atoms with Gasteiger partial charge < -0.3 is 50.5 Å². The van der Waals surface area contributed by atoms with E-state index in [-0.39, 0.29) is 12.8 Å². The Morgan fingerprint density at radius 2 is 1.37 bits per heavy atom. The van der Waals surface area contributed by atoms with E-state index < -0.39 is 74.2 Å². The lowest BCUT2D eigenvalue weighted by molar-refractivity contribution is -0.303. The molecule has 1 aliphatic heterocycles. The number of carbonyl (C=O) groups excluding carboxylic acids is 1. The van der Waals surface area contributed by atoms with Crippen LogP contribution in [-0.2, 0) is 14.3 Å². The number of carbonyl (C=O) groups is 1. The van der Waals surface area contributed by atoms with Gasteiger partial charge in [-0.3, -0.25) is 4.79 Å². The summed E-state index contributed by atoms with van der Waals surface area (Å²) in [4.78, 5) is 12.8. The summed E-state index contributed by atoms with van der Waals surface area (Å²) in [5.41, 5.74) is 0. The third-order valence-electron chi connectivity index (χ3n) is 7.73. The lowest BCUT2D eigenvalue weighted by atomic mass is 9.99. The van der Waals surface area contributed by atoms with E-state index in [1.165, 1.54) is 25.7 Å². The van der Waals surface area contributed by atoms with E-state index >= 15 is 0 Å². The summed E-state index contributed by atoms with van der Waals surface area (Å²) in [7, 11) is 0.